The summed E-state index contributed by atoms with van der Waals surface area (Å²) in [5, 5.41) is 23.0. The fourth-order valence-corrected chi connectivity index (χ4v) is 8.23. The van der Waals surface area contributed by atoms with Gasteiger partial charge in [-0.2, -0.15) is 5.26 Å². The fraction of sp³-hybridized carbons (Fsp3) is 0.169. The van der Waals surface area contributed by atoms with Gasteiger partial charge in [0, 0.05) is 28.1 Å². The van der Waals surface area contributed by atoms with Crippen LogP contribution in [-0.2, 0) is 27.9 Å². The van der Waals surface area contributed by atoms with E-state index in [2.05, 4.69) is 59.5 Å². The molecule has 22 heteroatoms. The summed E-state index contributed by atoms with van der Waals surface area (Å²) in [7, 11) is -1.31. The van der Waals surface area contributed by atoms with Gasteiger partial charge in [-0.1, -0.05) is 62.2 Å². The lowest BCUT2D eigenvalue weighted by Gasteiger charge is -2.20. The van der Waals surface area contributed by atoms with Gasteiger partial charge in [0.1, 0.15) is 37.2 Å². The Kier molecular flexibility index (Phi) is 23.5. The fourth-order valence-electron chi connectivity index (χ4n) is 7.09. The number of rotatable bonds is 31. The smallest absolute Gasteiger partial charge is 0.491 e. The molecule has 0 fully saturated rings. The van der Waals surface area contributed by atoms with E-state index >= 15 is 0 Å². The molecule has 0 aromatic heterocycles. The quantitative estimate of drug-likeness (QED) is 0.0119. The Balaban J connectivity index is 1.21. The molecule has 1 atom stereocenters. The maximum Gasteiger partial charge on any atom is 0.530 e. The standard InChI is InChI=1S/C59H59N6O15P/c1-9-32-75-50-45(57(69)64-48-29-27-46(59(71)77-34-11-3)51(53(48)74-8)76-33-10-2)26-28-47(52(50)73-7)63-55(67)40-18-22-43(23-19-40)62-58(70)49(30-31-60)65-56(68)41-16-20-42(21-17-41)61-54(66)38(6)37-39-14-24-44(25-15-39)80-81(72,78-35-12-4)79-36-13-5/h9-29,37,49H,1-5,30,32-36H2,6-8H3,(H,61,66)(H,62,70)(H,63,67)(H,64,69)(H,65,68)/t49-/m0/s1. The van der Waals surface area contributed by atoms with Gasteiger partial charge in [-0.05, 0) is 103 Å². The number of amides is 5. The van der Waals surface area contributed by atoms with Crippen LogP contribution in [0, 0.1) is 11.3 Å². The highest BCUT2D eigenvalue weighted by molar-refractivity contribution is 7.48. The summed E-state index contributed by atoms with van der Waals surface area (Å²) in [6.07, 6.45) is 8.35. The third-order valence-corrected chi connectivity index (χ3v) is 12.3. The molecule has 420 valence electrons. The first-order valence-corrected chi connectivity index (χ1v) is 25.9. The van der Waals surface area contributed by atoms with E-state index in [1.807, 2.05) is 6.07 Å². The molecule has 5 aromatic carbocycles. The van der Waals surface area contributed by atoms with Crippen molar-refractivity contribution in [2.24, 2.45) is 0 Å². The maximum absolute atomic E-state index is 14.0. The van der Waals surface area contributed by atoms with Crippen molar-refractivity contribution in [1.29, 1.82) is 5.26 Å². The summed E-state index contributed by atoms with van der Waals surface area (Å²) >= 11 is 0. The lowest BCUT2D eigenvalue weighted by molar-refractivity contribution is -0.118. The number of phosphoric acid groups is 1. The third kappa shape index (κ3) is 17.5. The molecule has 0 bridgehead atoms. The molecule has 0 saturated heterocycles. The van der Waals surface area contributed by atoms with E-state index in [1.165, 1.54) is 130 Å². The second kappa shape index (κ2) is 30.8. The van der Waals surface area contributed by atoms with Crippen LogP contribution in [0.2, 0.25) is 0 Å². The molecule has 5 amide bonds. The number of hydrogen-bond acceptors (Lipinski definition) is 16. The average molecular weight is 1120 g/mol. The van der Waals surface area contributed by atoms with Crippen molar-refractivity contribution >= 4 is 72.2 Å². The number of nitriles is 1. The number of hydrogen-bond donors (Lipinski definition) is 5. The number of methoxy groups -OCH3 is 2. The van der Waals surface area contributed by atoms with Crippen LogP contribution in [0.3, 0.4) is 0 Å². The van der Waals surface area contributed by atoms with Crippen LogP contribution >= 0.6 is 7.82 Å². The molecular formula is C59H59N6O15P. The van der Waals surface area contributed by atoms with Gasteiger partial charge < -0.3 is 54.8 Å². The van der Waals surface area contributed by atoms with Gasteiger partial charge in [0.15, 0.2) is 23.0 Å². The number of esters is 1. The van der Waals surface area contributed by atoms with Crippen LogP contribution in [0.1, 0.15) is 60.3 Å². The van der Waals surface area contributed by atoms with Crippen LogP contribution in [-0.4, -0.2) is 88.8 Å². The average Bonchev–Trinajstić information content (AvgIpc) is 3.52. The molecule has 0 unspecified atom stereocenters. The van der Waals surface area contributed by atoms with Crippen LogP contribution in [0.5, 0.6) is 28.7 Å². The second-order valence-electron chi connectivity index (χ2n) is 16.6. The summed E-state index contributed by atoms with van der Waals surface area (Å²) in [6.45, 7) is 19.3. The highest BCUT2D eigenvalue weighted by Crippen LogP contribution is 2.49. The Morgan fingerprint density at radius 3 is 1.59 bits per heavy atom. The van der Waals surface area contributed by atoms with Crippen molar-refractivity contribution in [3.8, 4) is 34.8 Å². The maximum atomic E-state index is 14.0. The molecule has 0 radical (unpaired) electrons. The monoisotopic (exact) mass is 1120 g/mol. The molecule has 0 aliphatic heterocycles. The SMILES string of the molecule is C=CCOC(=O)c1ccc(NC(=O)c2ccc(NC(=O)c3ccc(NC(=O)[C@H](CC#N)NC(=O)c4ccc(NC(=O)C(C)=Cc5ccc(OP(=O)(OCC=C)OCC=C)cc5)cc4)cc3)c(OC)c2OCC=C)c(OC)c1OCC=C. The summed E-state index contributed by atoms with van der Waals surface area (Å²) < 4.78 is 56.9. The predicted octanol–water partition coefficient (Wildman–Crippen LogP) is 10.3. The van der Waals surface area contributed by atoms with E-state index < -0.39 is 49.4 Å². The predicted molar refractivity (Wildman–Crippen MR) is 306 cm³/mol. The number of carbonyl (C=O) groups is 6. The van der Waals surface area contributed by atoms with Crippen molar-refractivity contribution in [3.05, 3.63) is 194 Å². The lowest BCUT2D eigenvalue weighted by atomic mass is 10.1. The molecule has 5 aromatic rings. The van der Waals surface area contributed by atoms with Crippen LogP contribution in [0.15, 0.2) is 166 Å². The Morgan fingerprint density at radius 1 is 0.580 bits per heavy atom. The minimum Gasteiger partial charge on any atom is -0.491 e. The van der Waals surface area contributed by atoms with E-state index in [4.69, 9.17) is 37.3 Å². The van der Waals surface area contributed by atoms with Crippen molar-refractivity contribution in [2.75, 3.05) is 68.5 Å². The molecule has 21 nitrogen and oxygen atoms in total. The summed E-state index contributed by atoms with van der Waals surface area (Å²) in [5.74, 6) is -3.71. The Hall–Kier alpha value is -10.0. The Bertz CT molecular complexity index is 3260. The largest absolute Gasteiger partial charge is 0.530 e. The van der Waals surface area contributed by atoms with Crippen LogP contribution in [0.4, 0.5) is 22.7 Å². The topological polar surface area (TPSA) is 277 Å². The van der Waals surface area contributed by atoms with Crippen molar-refractivity contribution in [2.45, 2.75) is 19.4 Å². The van der Waals surface area contributed by atoms with Gasteiger partial charge in [-0.15, -0.1) is 13.2 Å². The molecule has 81 heavy (non-hydrogen) atoms. The van der Waals surface area contributed by atoms with Gasteiger partial charge in [0.05, 0.1) is 56.9 Å². The lowest BCUT2D eigenvalue weighted by Crippen LogP contribution is -2.43. The van der Waals surface area contributed by atoms with Crippen LogP contribution < -0.4 is 50.1 Å². The van der Waals surface area contributed by atoms with E-state index in [0.717, 1.165) is 0 Å². The zero-order valence-corrected chi connectivity index (χ0v) is 45.5. The molecule has 5 rings (SSSR count). The van der Waals surface area contributed by atoms with Gasteiger partial charge >= 0.3 is 13.8 Å². The molecule has 0 heterocycles. The number of phosphoric ester groups is 1. The minimum atomic E-state index is -3.95. The van der Waals surface area contributed by atoms with Gasteiger partial charge in [0.25, 0.3) is 23.6 Å². The van der Waals surface area contributed by atoms with E-state index in [9.17, 15) is 38.6 Å². The molecule has 5 N–H and O–H groups in total. The zero-order chi connectivity index (χ0) is 58.9. The number of ether oxygens (including phenoxy) is 5. The summed E-state index contributed by atoms with van der Waals surface area (Å²) in [5.41, 5.74) is 2.10. The molecule has 0 aliphatic carbocycles. The molecule has 0 saturated carbocycles. The highest BCUT2D eigenvalue weighted by Gasteiger charge is 2.29. The van der Waals surface area contributed by atoms with E-state index in [-0.39, 0.29) is 108 Å². The number of carbonyl (C=O) groups excluding carboxylic acids is 6. The van der Waals surface area contributed by atoms with Crippen molar-refractivity contribution < 1.29 is 70.6 Å². The normalized spacial score (nSPS) is 11.2. The van der Waals surface area contributed by atoms with Crippen molar-refractivity contribution in [1.82, 2.24) is 5.32 Å². The first kappa shape index (κ1) is 61.8. The Labute approximate surface area is 468 Å². The second-order valence-corrected chi connectivity index (χ2v) is 18.2. The number of nitrogens with one attached hydrogen (secondary N) is 5. The molecule has 0 spiro atoms. The Morgan fingerprint density at radius 2 is 1.07 bits per heavy atom. The van der Waals surface area contributed by atoms with Crippen molar-refractivity contribution in [3.63, 3.8) is 0 Å². The number of benzene rings is 5. The van der Waals surface area contributed by atoms with Crippen LogP contribution in [0.25, 0.3) is 6.08 Å². The van der Waals surface area contributed by atoms with Gasteiger partial charge in [-0.25, -0.2) is 9.36 Å². The van der Waals surface area contributed by atoms with Gasteiger partial charge in [-0.3, -0.25) is 33.0 Å². The summed E-state index contributed by atoms with van der Waals surface area (Å²) in [6, 6.07) is 24.2. The highest BCUT2D eigenvalue weighted by atomic mass is 31.2. The molecule has 0 aliphatic rings. The number of nitrogens with zero attached hydrogens (tertiary/aromatic N) is 1. The van der Waals surface area contributed by atoms with Gasteiger partial charge in [0.2, 0.25) is 5.91 Å². The summed E-state index contributed by atoms with van der Waals surface area (Å²) in [4.78, 5) is 80.2. The molecular weight excluding hydrogens is 1060 g/mol. The first-order chi connectivity index (χ1) is 39.0. The van der Waals surface area contributed by atoms with E-state index in [1.54, 1.807) is 25.1 Å². The number of anilines is 4. The third-order valence-electron chi connectivity index (χ3n) is 10.9. The zero-order valence-electron chi connectivity index (χ0n) is 44.6. The minimum absolute atomic E-state index is 0.00748. The first-order valence-electron chi connectivity index (χ1n) is 24.4. The van der Waals surface area contributed by atoms with E-state index in [0.29, 0.717) is 16.8 Å².